The topological polar surface area (TPSA) is 63.2 Å². The SMILES string of the molecule is Nc1cnn(CCN2CCN(c3ccccn3)CC2)c1. The van der Waals surface area contributed by atoms with Crippen molar-refractivity contribution >= 4 is 11.5 Å². The van der Waals surface area contributed by atoms with Crippen LogP contribution in [0.15, 0.2) is 36.8 Å². The molecule has 106 valence electrons. The van der Waals surface area contributed by atoms with E-state index in [1.807, 2.05) is 29.2 Å². The Hall–Kier alpha value is -2.08. The van der Waals surface area contributed by atoms with Gasteiger partial charge in [0.25, 0.3) is 0 Å². The van der Waals surface area contributed by atoms with Crippen molar-refractivity contribution in [1.82, 2.24) is 19.7 Å². The number of nitrogens with zero attached hydrogens (tertiary/aromatic N) is 5. The van der Waals surface area contributed by atoms with Crippen LogP contribution in [-0.2, 0) is 6.54 Å². The number of aromatic nitrogens is 3. The predicted molar refractivity (Wildman–Crippen MR) is 79.5 cm³/mol. The van der Waals surface area contributed by atoms with E-state index >= 15 is 0 Å². The number of hydrogen-bond acceptors (Lipinski definition) is 5. The molecule has 1 saturated heterocycles. The fraction of sp³-hybridized carbons (Fsp3) is 0.429. The normalized spacial score (nSPS) is 16.5. The molecule has 0 unspecified atom stereocenters. The summed E-state index contributed by atoms with van der Waals surface area (Å²) in [5.74, 6) is 1.08. The van der Waals surface area contributed by atoms with Gasteiger partial charge in [-0.25, -0.2) is 4.98 Å². The summed E-state index contributed by atoms with van der Waals surface area (Å²) >= 11 is 0. The van der Waals surface area contributed by atoms with Crippen LogP contribution < -0.4 is 10.6 Å². The summed E-state index contributed by atoms with van der Waals surface area (Å²) in [5.41, 5.74) is 6.39. The molecular formula is C14H20N6. The van der Waals surface area contributed by atoms with E-state index in [2.05, 4.69) is 25.9 Å². The minimum atomic E-state index is 0.727. The molecule has 3 heterocycles. The summed E-state index contributed by atoms with van der Waals surface area (Å²) in [5, 5.41) is 4.21. The van der Waals surface area contributed by atoms with Crippen LogP contribution in [-0.4, -0.2) is 52.4 Å². The first-order valence-corrected chi connectivity index (χ1v) is 6.97. The highest BCUT2D eigenvalue weighted by atomic mass is 15.3. The van der Waals surface area contributed by atoms with E-state index in [-0.39, 0.29) is 0 Å². The third-order valence-corrected chi connectivity index (χ3v) is 3.64. The van der Waals surface area contributed by atoms with Crippen LogP contribution in [0, 0.1) is 0 Å². The van der Waals surface area contributed by atoms with Crippen LogP contribution in [0.2, 0.25) is 0 Å². The minimum absolute atomic E-state index is 0.727. The van der Waals surface area contributed by atoms with Gasteiger partial charge >= 0.3 is 0 Å². The first-order chi connectivity index (χ1) is 9.81. The van der Waals surface area contributed by atoms with Gasteiger partial charge in [0.15, 0.2) is 0 Å². The summed E-state index contributed by atoms with van der Waals surface area (Å²) < 4.78 is 1.90. The molecule has 0 atom stereocenters. The van der Waals surface area contributed by atoms with E-state index in [1.54, 1.807) is 6.20 Å². The van der Waals surface area contributed by atoms with E-state index in [0.29, 0.717) is 0 Å². The predicted octanol–water partition coefficient (Wildman–Crippen LogP) is 0.682. The van der Waals surface area contributed by atoms with E-state index < -0.39 is 0 Å². The number of nitrogens with two attached hydrogens (primary N) is 1. The summed E-state index contributed by atoms with van der Waals surface area (Å²) in [6.45, 7) is 6.08. The van der Waals surface area contributed by atoms with Crippen molar-refractivity contribution < 1.29 is 0 Å². The van der Waals surface area contributed by atoms with E-state index in [4.69, 9.17) is 5.73 Å². The van der Waals surface area contributed by atoms with Gasteiger partial charge in [-0.05, 0) is 12.1 Å². The van der Waals surface area contributed by atoms with Crippen LogP contribution in [0.3, 0.4) is 0 Å². The summed E-state index contributed by atoms with van der Waals surface area (Å²) in [6, 6.07) is 6.06. The summed E-state index contributed by atoms with van der Waals surface area (Å²) in [4.78, 5) is 9.19. The lowest BCUT2D eigenvalue weighted by Crippen LogP contribution is -2.47. The summed E-state index contributed by atoms with van der Waals surface area (Å²) in [7, 11) is 0. The Labute approximate surface area is 118 Å². The molecule has 6 nitrogen and oxygen atoms in total. The van der Waals surface area contributed by atoms with E-state index in [0.717, 1.165) is 50.8 Å². The van der Waals surface area contributed by atoms with E-state index in [1.165, 1.54) is 0 Å². The zero-order valence-corrected chi connectivity index (χ0v) is 11.5. The van der Waals surface area contributed by atoms with Gasteiger partial charge < -0.3 is 10.6 Å². The zero-order chi connectivity index (χ0) is 13.8. The molecule has 0 saturated carbocycles. The molecule has 0 spiro atoms. The first kappa shape index (κ1) is 12.9. The van der Waals surface area contributed by atoms with Crippen molar-refractivity contribution in [3.8, 4) is 0 Å². The molecule has 3 rings (SSSR count). The van der Waals surface area contributed by atoms with Crippen molar-refractivity contribution in [3.05, 3.63) is 36.8 Å². The average molecular weight is 272 g/mol. The molecule has 0 aromatic carbocycles. The monoisotopic (exact) mass is 272 g/mol. The summed E-state index contributed by atoms with van der Waals surface area (Å²) in [6.07, 6.45) is 5.42. The molecule has 0 amide bonds. The smallest absolute Gasteiger partial charge is 0.128 e. The lowest BCUT2D eigenvalue weighted by Gasteiger charge is -2.35. The molecule has 20 heavy (non-hydrogen) atoms. The maximum absolute atomic E-state index is 5.66. The van der Waals surface area contributed by atoms with Crippen LogP contribution >= 0.6 is 0 Å². The molecule has 2 aromatic heterocycles. The van der Waals surface area contributed by atoms with Crippen LogP contribution in [0.4, 0.5) is 11.5 Å². The van der Waals surface area contributed by atoms with Gasteiger partial charge in [0.2, 0.25) is 0 Å². The number of hydrogen-bond donors (Lipinski definition) is 1. The van der Waals surface area contributed by atoms with Gasteiger partial charge in [-0.2, -0.15) is 5.10 Å². The van der Waals surface area contributed by atoms with Crippen molar-refractivity contribution in [3.63, 3.8) is 0 Å². The Morgan fingerprint density at radius 3 is 2.60 bits per heavy atom. The molecule has 1 fully saturated rings. The number of pyridine rings is 1. The van der Waals surface area contributed by atoms with Gasteiger partial charge in [0.1, 0.15) is 5.82 Å². The van der Waals surface area contributed by atoms with Gasteiger partial charge in [-0.1, -0.05) is 6.07 Å². The lowest BCUT2D eigenvalue weighted by atomic mass is 10.3. The van der Waals surface area contributed by atoms with Gasteiger partial charge in [0.05, 0.1) is 18.4 Å². The Morgan fingerprint density at radius 2 is 1.95 bits per heavy atom. The second-order valence-corrected chi connectivity index (χ2v) is 5.05. The van der Waals surface area contributed by atoms with Gasteiger partial charge in [-0.15, -0.1) is 0 Å². The Kier molecular flexibility index (Phi) is 3.83. The Bertz CT molecular complexity index is 530. The molecule has 1 aliphatic heterocycles. The highest BCUT2D eigenvalue weighted by Gasteiger charge is 2.17. The molecule has 2 aromatic rings. The largest absolute Gasteiger partial charge is 0.396 e. The second-order valence-electron chi connectivity index (χ2n) is 5.05. The fourth-order valence-electron chi connectivity index (χ4n) is 2.49. The quantitative estimate of drug-likeness (QED) is 0.887. The second kappa shape index (κ2) is 5.92. The molecule has 0 radical (unpaired) electrons. The fourth-order valence-corrected chi connectivity index (χ4v) is 2.49. The Balaban J connectivity index is 1.47. The first-order valence-electron chi connectivity index (χ1n) is 6.97. The molecule has 6 heteroatoms. The van der Waals surface area contributed by atoms with Crippen LogP contribution in [0.25, 0.3) is 0 Å². The van der Waals surface area contributed by atoms with Crippen LogP contribution in [0.1, 0.15) is 0 Å². The van der Waals surface area contributed by atoms with Crippen LogP contribution in [0.5, 0.6) is 0 Å². The Morgan fingerprint density at radius 1 is 1.10 bits per heavy atom. The van der Waals surface area contributed by atoms with Crippen molar-refractivity contribution in [2.75, 3.05) is 43.4 Å². The molecule has 0 bridgehead atoms. The molecule has 2 N–H and O–H groups in total. The van der Waals surface area contributed by atoms with Crippen molar-refractivity contribution in [1.29, 1.82) is 0 Å². The number of piperazine rings is 1. The lowest BCUT2D eigenvalue weighted by molar-refractivity contribution is 0.244. The highest BCUT2D eigenvalue weighted by Crippen LogP contribution is 2.12. The molecule has 0 aliphatic carbocycles. The van der Waals surface area contributed by atoms with Gasteiger partial charge in [0, 0.05) is 45.1 Å². The van der Waals surface area contributed by atoms with Crippen molar-refractivity contribution in [2.45, 2.75) is 6.54 Å². The highest BCUT2D eigenvalue weighted by molar-refractivity contribution is 5.38. The molecule has 1 aliphatic rings. The zero-order valence-electron chi connectivity index (χ0n) is 11.5. The minimum Gasteiger partial charge on any atom is -0.396 e. The van der Waals surface area contributed by atoms with Crippen molar-refractivity contribution in [2.24, 2.45) is 0 Å². The number of rotatable bonds is 4. The van der Waals surface area contributed by atoms with E-state index in [9.17, 15) is 0 Å². The third-order valence-electron chi connectivity index (χ3n) is 3.64. The maximum Gasteiger partial charge on any atom is 0.128 e. The third kappa shape index (κ3) is 3.08. The standard InChI is InChI=1S/C14H20N6/c15-13-11-17-20(12-13)10-7-18-5-8-19(9-6-18)14-3-1-2-4-16-14/h1-4,11-12H,5-10,15H2. The molecular weight excluding hydrogens is 252 g/mol. The number of anilines is 2. The maximum atomic E-state index is 5.66. The van der Waals surface area contributed by atoms with Gasteiger partial charge in [-0.3, -0.25) is 9.58 Å². The average Bonchev–Trinajstić information content (AvgIpc) is 2.92. The number of nitrogen functional groups attached to an aromatic ring is 1.